The Kier molecular flexibility index (Phi) is 5.25. The molecule has 1 saturated heterocycles. The minimum atomic E-state index is -0.388. The fourth-order valence-electron chi connectivity index (χ4n) is 1.69. The van der Waals surface area contributed by atoms with E-state index in [1.54, 1.807) is 11.8 Å². The lowest BCUT2D eigenvalue weighted by Crippen LogP contribution is -2.32. The summed E-state index contributed by atoms with van der Waals surface area (Å²) in [5, 5.41) is 11.7. The van der Waals surface area contributed by atoms with Crippen molar-refractivity contribution in [3.8, 4) is 0 Å². The number of aliphatic hydroxyl groups excluding tert-OH is 1. The number of hydrogen-bond acceptors (Lipinski definition) is 3. The summed E-state index contributed by atoms with van der Waals surface area (Å²) in [4.78, 5) is 24.3. The number of carbonyl (C=O) groups excluding carboxylic acids is 2. The molecule has 0 aliphatic carbocycles. The Bertz CT molecular complexity index is 254. The van der Waals surface area contributed by atoms with Gasteiger partial charge in [-0.25, -0.2) is 0 Å². The molecule has 1 aliphatic rings. The summed E-state index contributed by atoms with van der Waals surface area (Å²) in [6.45, 7) is 3.47. The molecular weight excluding hydrogens is 208 g/mol. The van der Waals surface area contributed by atoms with Crippen molar-refractivity contribution in [3.63, 3.8) is 0 Å². The molecule has 2 N–H and O–H groups in total. The average Bonchev–Trinajstić information content (AvgIpc) is 2.60. The van der Waals surface area contributed by atoms with Crippen LogP contribution in [-0.2, 0) is 9.59 Å². The van der Waals surface area contributed by atoms with Gasteiger partial charge in [-0.1, -0.05) is 0 Å². The van der Waals surface area contributed by atoms with E-state index < -0.39 is 0 Å². The molecule has 0 aromatic carbocycles. The average molecular weight is 228 g/mol. The Morgan fingerprint density at radius 3 is 2.94 bits per heavy atom. The van der Waals surface area contributed by atoms with Crippen molar-refractivity contribution in [3.05, 3.63) is 0 Å². The number of amides is 2. The minimum absolute atomic E-state index is 0.0552. The SMILES string of the molecule is CC(O)CCNC(=O)CCN1CCCC1=O. The number of aliphatic hydroxyl groups is 1. The van der Waals surface area contributed by atoms with Crippen molar-refractivity contribution in [1.29, 1.82) is 0 Å². The topological polar surface area (TPSA) is 69.6 Å². The second kappa shape index (κ2) is 6.48. The molecule has 0 aromatic rings. The summed E-state index contributed by atoms with van der Waals surface area (Å²) in [5.74, 6) is 0.0946. The molecule has 1 heterocycles. The first-order valence-corrected chi connectivity index (χ1v) is 5.82. The zero-order valence-corrected chi connectivity index (χ0v) is 9.74. The Balaban J connectivity index is 2.08. The third-order valence-electron chi connectivity index (χ3n) is 2.66. The lowest BCUT2D eigenvalue weighted by Gasteiger charge is -2.15. The predicted octanol–water partition coefficient (Wildman–Crippen LogP) is -0.114. The summed E-state index contributed by atoms with van der Waals surface area (Å²) >= 11 is 0. The fraction of sp³-hybridized carbons (Fsp3) is 0.818. The van der Waals surface area contributed by atoms with Crippen LogP contribution < -0.4 is 5.32 Å². The van der Waals surface area contributed by atoms with Crippen LogP contribution in [0, 0.1) is 0 Å². The molecule has 0 radical (unpaired) electrons. The maximum absolute atomic E-state index is 11.4. The normalized spacial score (nSPS) is 17.6. The van der Waals surface area contributed by atoms with Crippen LogP contribution in [0.15, 0.2) is 0 Å². The van der Waals surface area contributed by atoms with Gasteiger partial charge in [-0.15, -0.1) is 0 Å². The standard InChI is InChI=1S/C11H20N2O3/c1-9(14)4-6-12-10(15)5-8-13-7-2-3-11(13)16/h9,14H,2-8H2,1H3,(H,12,15). The number of hydrogen-bond donors (Lipinski definition) is 2. The molecule has 1 unspecified atom stereocenters. The summed E-state index contributed by atoms with van der Waals surface area (Å²) in [6, 6.07) is 0. The van der Waals surface area contributed by atoms with Gasteiger partial charge in [0.2, 0.25) is 11.8 Å². The molecule has 0 saturated carbocycles. The van der Waals surface area contributed by atoms with Gasteiger partial charge in [-0.05, 0) is 19.8 Å². The van der Waals surface area contributed by atoms with Gasteiger partial charge < -0.3 is 15.3 Å². The van der Waals surface area contributed by atoms with Crippen LogP contribution in [0.3, 0.4) is 0 Å². The Morgan fingerprint density at radius 1 is 1.62 bits per heavy atom. The minimum Gasteiger partial charge on any atom is -0.393 e. The molecule has 0 bridgehead atoms. The molecule has 0 spiro atoms. The van der Waals surface area contributed by atoms with E-state index in [0.717, 1.165) is 13.0 Å². The molecular formula is C11H20N2O3. The van der Waals surface area contributed by atoms with Crippen molar-refractivity contribution >= 4 is 11.8 Å². The summed E-state index contributed by atoms with van der Waals surface area (Å²) < 4.78 is 0. The molecule has 1 atom stereocenters. The first-order valence-electron chi connectivity index (χ1n) is 5.82. The lowest BCUT2D eigenvalue weighted by molar-refractivity contribution is -0.128. The van der Waals surface area contributed by atoms with E-state index in [9.17, 15) is 9.59 Å². The third kappa shape index (κ3) is 4.61. The van der Waals surface area contributed by atoms with Gasteiger partial charge in [0.05, 0.1) is 6.10 Å². The zero-order chi connectivity index (χ0) is 12.0. The smallest absolute Gasteiger partial charge is 0.222 e. The number of carbonyl (C=O) groups is 2. The molecule has 1 aliphatic heterocycles. The highest BCUT2D eigenvalue weighted by Gasteiger charge is 2.20. The van der Waals surface area contributed by atoms with Gasteiger partial charge in [0.15, 0.2) is 0 Å². The monoisotopic (exact) mass is 228 g/mol. The molecule has 0 aromatic heterocycles. The first kappa shape index (κ1) is 13.0. The van der Waals surface area contributed by atoms with Crippen molar-refractivity contribution in [2.75, 3.05) is 19.6 Å². The van der Waals surface area contributed by atoms with E-state index in [2.05, 4.69) is 5.32 Å². The van der Waals surface area contributed by atoms with E-state index in [0.29, 0.717) is 32.4 Å². The predicted molar refractivity (Wildman–Crippen MR) is 59.7 cm³/mol. The van der Waals surface area contributed by atoms with Crippen molar-refractivity contribution in [2.45, 2.75) is 38.7 Å². The number of likely N-dealkylation sites (tertiary alicyclic amines) is 1. The second-order valence-electron chi connectivity index (χ2n) is 4.22. The van der Waals surface area contributed by atoms with Gasteiger partial charge in [0.25, 0.3) is 0 Å². The zero-order valence-electron chi connectivity index (χ0n) is 9.74. The molecule has 2 amide bonds. The van der Waals surface area contributed by atoms with E-state index in [-0.39, 0.29) is 17.9 Å². The maximum Gasteiger partial charge on any atom is 0.222 e. The second-order valence-corrected chi connectivity index (χ2v) is 4.22. The summed E-state index contributed by atoms with van der Waals surface area (Å²) in [7, 11) is 0. The number of nitrogens with one attached hydrogen (secondary N) is 1. The van der Waals surface area contributed by atoms with E-state index in [1.165, 1.54) is 0 Å². The lowest BCUT2D eigenvalue weighted by atomic mass is 10.3. The van der Waals surface area contributed by atoms with Gasteiger partial charge in [0, 0.05) is 32.5 Å². The van der Waals surface area contributed by atoms with Crippen LogP contribution in [0.2, 0.25) is 0 Å². The molecule has 1 fully saturated rings. The molecule has 5 nitrogen and oxygen atoms in total. The highest BCUT2D eigenvalue weighted by atomic mass is 16.3. The van der Waals surface area contributed by atoms with Crippen molar-refractivity contribution in [1.82, 2.24) is 10.2 Å². The van der Waals surface area contributed by atoms with Crippen LogP contribution >= 0.6 is 0 Å². The van der Waals surface area contributed by atoms with E-state index >= 15 is 0 Å². The van der Waals surface area contributed by atoms with Gasteiger partial charge >= 0.3 is 0 Å². The third-order valence-corrected chi connectivity index (χ3v) is 2.66. The molecule has 16 heavy (non-hydrogen) atoms. The highest BCUT2D eigenvalue weighted by molar-refractivity contribution is 5.80. The fourth-order valence-corrected chi connectivity index (χ4v) is 1.69. The van der Waals surface area contributed by atoms with Crippen LogP contribution in [0.25, 0.3) is 0 Å². The maximum atomic E-state index is 11.4. The van der Waals surface area contributed by atoms with Gasteiger partial charge in [-0.3, -0.25) is 9.59 Å². The summed E-state index contributed by atoms with van der Waals surface area (Å²) in [6.07, 6.45) is 2.05. The largest absolute Gasteiger partial charge is 0.393 e. The van der Waals surface area contributed by atoms with Crippen LogP contribution in [0.5, 0.6) is 0 Å². The van der Waals surface area contributed by atoms with E-state index in [1.807, 2.05) is 0 Å². The highest BCUT2D eigenvalue weighted by Crippen LogP contribution is 2.09. The number of nitrogens with zero attached hydrogens (tertiary/aromatic N) is 1. The van der Waals surface area contributed by atoms with Crippen molar-refractivity contribution < 1.29 is 14.7 Å². The van der Waals surface area contributed by atoms with Gasteiger partial charge in [-0.2, -0.15) is 0 Å². The molecule has 1 rings (SSSR count). The molecule has 5 heteroatoms. The number of rotatable bonds is 6. The van der Waals surface area contributed by atoms with E-state index in [4.69, 9.17) is 5.11 Å². The van der Waals surface area contributed by atoms with Gasteiger partial charge in [0.1, 0.15) is 0 Å². The summed E-state index contributed by atoms with van der Waals surface area (Å²) in [5.41, 5.74) is 0. The van der Waals surface area contributed by atoms with Crippen molar-refractivity contribution in [2.24, 2.45) is 0 Å². The van der Waals surface area contributed by atoms with Crippen LogP contribution in [-0.4, -0.2) is 47.6 Å². The van der Waals surface area contributed by atoms with Crippen LogP contribution in [0.1, 0.15) is 32.6 Å². The molecule has 92 valence electrons. The Labute approximate surface area is 95.8 Å². The quantitative estimate of drug-likeness (QED) is 0.666. The Morgan fingerprint density at radius 2 is 2.38 bits per heavy atom. The Hall–Kier alpha value is -1.10. The first-order chi connectivity index (χ1) is 7.59. The van der Waals surface area contributed by atoms with Crippen LogP contribution in [0.4, 0.5) is 0 Å².